The highest BCUT2D eigenvalue weighted by Gasteiger charge is 2.20. The molecule has 3 nitrogen and oxygen atoms in total. The van der Waals surface area contributed by atoms with Gasteiger partial charge in [-0.25, -0.2) is 0 Å². The quantitative estimate of drug-likeness (QED) is 0.872. The Hall–Kier alpha value is -0.580. The summed E-state index contributed by atoms with van der Waals surface area (Å²) in [4.78, 5) is 11.7. The molecule has 0 radical (unpaired) electrons. The van der Waals surface area contributed by atoms with Crippen molar-refractivity contribution in [2.45, 2.75) is 6.04 Å². The summed E-state index contributed by atoms with van der Waals surface area (Å²) in [5.41, 5.74) is 0.520. The van der Waals surface area contributed by atoms with Crippen molar-refractivity contribution in [2.24, 2.45) is 0 Å². The van der Waals surface area contributed by atoms with Crippen LogP contribution in [0.25, 0.3) is 0 Å². The summed E-state index contributed by atoms with van der Waals surface area (Å²) < 4.78 is 0.870. The maximum Gasteiger partial charge on any atom is 0.253 e. The Morgan fingerprint density at radius 3 is 2.80 bits per heavy atom. The molecule has 15 heavy (non-hydrogen) atoms. The van der Waals surface area contributed by atoms with E-state index >= 15 is 0 Å². The van der Waals surface area contributed by atoms with Crippen molar-refractivity contribution in [3.8, 4) is 0 Å². The summed E-state index contributed by atoms with van der Waals surface area (Å²) in [6.07, 6.45) is 0. The predicted molar refractivity (Wildman–Crippen MR) is 63.3 cm³/mol. The standard InChI is InChI=1S/C10H10BrClN2O/c11-6-1-2-8(9(12)3-6)10(15)14-7-4-13-5-7/h1-3,7,13H,4-5H2,(H,14,15). The number of halogens is 2. The molecule has 1 aliphatic rings. The fraction of sp³-hybridized carbons (Fsp3) is 0.300. The van der Waals surface area contributed by atoms with Crippen LogP contribution in [0.15, 0.2) is 22.7 Å². The first-order valence-corrected chi connectivity index (χ1v) is 5.80. The zero-order valence-corrected chi connectivity index (χ0v) is 10.2. The smallest absolute Gasteiger partial charge is 0.253 e. The Morgan fingerprint density at radius 1 is 1.53 bits per heavy atom. The van der Waals surface area contributed by atoms with Gasteiger partial charge in [0.05, 0.1) is 16.6 Å². The Morgan fingerprint density at radius 2 is 2.27 bits per heavy atom. The minimum atomic E-state index is -0.112. The maximum atomic E-state index is 11.7. The maximum absolute atomic E-state index is 11.7. The van der Waals surface area contributed by atoms with Gasteiger partial charge >= 0.3 is 0 Å². The number of benzene rings is 1. The summed E-state index contributed by atoms with van der Waals surface area (Å²) in [7, 11) is 0. The SMILES string of the molecule is O=C(NC1CNC1)c1ccc(Br)cc1Cl. The van der Waals surface area contributed by atoms with Gasteiger partial charge in [0, 0.05) is 17.6 Å². The van der Waals surface area contributed by atoms with Gasteiger partial charge in [0.15, 0.2) is 0 Å². The molecule has 0 unspecified atom stereocenters. The molecular formula is C10H10BrClN2O. The highest BCUT2D eigenvalue weighted by atomic mass is 79.9. The Kier molecular flexibility index (Phi) is 3.29. The molecule has 1 aliphatic heterocycles. The molecule has 1 fully saturated rings. The van der Waals surface area contributed by atoms with Crippen molar-refractivity contribution < 1.29 is 4.79 Å². The lowest BCUT2D eigenvalue weighted by molar-refractivity contribution is 0.0924. The van der Waals surface area contributed by atoms with Crippen LogP contribution in [0.3, 0.4) is 0 Å². The molecule has 0 aliphatic carbocycles. The van der Waals surface area contributed by atoms with E-state index in [1.807, 2.05) is 0 Å². The van der Waals surface area contributed by atoms with E-state index in [1.165, 1.54) is 0 Å². The van der Waals surface area contributed by atoms with Crippen LogP contribution in [0.5, 0.6) is 0 Å². The zero-order valence-electron chi connectivity index (χ0n) is 7.89. The number of hydrogen-bond donors (Lipinski definition) is 2. The minimum Gasteiger partial charge on any atom is -0.347 e. The normalized spacial score (nSPS) is 15.9. The van der Waals surface area contributed by atoms with Gasteiger partial charge in [0.1, 0.15) is 0 Å². The number of carbonyl (C=O) groups excluding carboxylic acids is 1. The monoisotopic (exact) mass is 288 g/mol. The Labute approximate surface area is 101 Å². The third kappa shape index (κ3) is 2.51. The second-order valence-electron chi connectivity index (χ2n) is 3.45. The predicted octanol–water partition coefficient (Wildman–Crippen LogP) is 1.80. The molecule has 2 N–H and O–H groups in total. The number of nitrogens with one attached hydrogen (secondary N) is 2. The molecule has 0 atom stereocenters. The van der Waals surface area contributed by atoms with E-state index in [-0.39, 0.29) is 11.9 Å². The molecule has 1 aromatic rings. The van der Waals surface area contributed by atoms with Crippen molar-refractivity contribution in [3.63, 3.8) is 0 Å². The van der Waals surface area contributed by atoms with Gasteiger partial charge in [-0.1, -0.05) is 27.5 Å². The molecule has 80 valence electrons. The van der Waals surface area contributed by atoms with Crippen molar-refractivity contribution in [1.82, 2.24) is 10.6 Å². The number of hydrogen-bond acceptors (Lipinski definition) is 2. The molecule has 0 bridgehead atoms. The van der Waals surface area contributed by atoms with Crippen molar-refractivity contribution in [1.29, 1.82) is 0 Å². The molecule has 0 spiro atoms. The molecule has 2 rings (SSSR count). The summed E-state index contributed by atoms with van der Waals surface area (Å²) >= 11 is 9.26. The van der Waals surface area contributed by atoms with Crippen LogP contribution >= 0.6 is 27.5 Å². The number of amides is 1. The van der Waals surface area contributed by atoms with E-state index in [0.29, 0.717) is 10.6 Å². The third-order valence-corrected chi connectivity index (χ3v) is 3.10. The summed E-state index contributed by atoms with van der Waals surface area (Å²) in [5.74, 6) is -0.112. The first-order chi connectivity index (χ1) is 7.16. The molecule has 1 aromatic carbocycles. The van der Waals surface area contributed by atoms with Crippen LogP contribution in [-0.2, 0) is 0 Å². The minimum absolute atomic E-state index is 0.112. The van der Waals surface area contributed by atoms with E-state index < -0.39 is 0 Å². The number of carbonyl (C=O) groups is 1. The van der Waals surface area contributed by atoms with Gasteiger partial charge < -0.3 is 10.6 Å². The first-order valence-electron chi connectivity index (χ1n) is 4.63. The van der Waals surface area contributed by atoms with Gasteiger partial charge in [-0.15, -0.1) is 0 Å². The lowest BCUT2D eigenvalue weighted by Crippen LogP contribution is -2.56. The van der Waals surface area contributed by atoms with E-state index in [4.69, 9.17) is 11.6 Å². The van der Waals surface area contributed by atoms with Crippen molar-refractivity contribution in [2.75, 3.05) is 13.1 Å². The van der Waals surface area contributed by atoms with Gasteiger partial charge in [0.25, 0.3) is 5.91 Å². The molecule has 5 heteroatoms. The van der Waals surface area contributed by atoms with E-state index in [9.17, 15) is 4.79 Å². The molecular weight excluding hydrogens is 279 g/mol. The average Bonchev–Trinajstić information content (AvgIpc) is 2.11. The van der Waals surface area contributed by atoms with Crippen LogP contribution in [0.4, 0.5) is 0 Å². The van der Waals surface area contributed by atoms with Gasteiger partial charge in [0.2, 0.25) is 0 Å². The van der Waals surface area contributed by atoms with Crippen molar-refractivity contribution in [3.05, 3.63) is 33.3 Å². The second-order valence-corrected chi connectivity index (χ2v) is 4.78. The average molecular weight is 290 g/mol. The van der Waals surface area contributed by atoms with Crippen LogP contribution in [0.1, 0.15) is 10.4 Å². The third-order valence-electron chi connectivity index (χ3n) is 2.29. The Bertz CT molecular complexity index is 393. The fourth-order valence-corrected chi connectivity index (χ4v) is 2.09. The lowest BCUT2D eigenvalue weighted by Gasteiger charge is -2.28. The van der Waals surface area contributed by atoms with E-state index in [0.717, 1.165) is 17.6 Å². The summed E-state index contributed by atoms with van der Waals surface area (Å²) in [5, 5.41) is 6.45. The molecule has 1 saturated heterocycles. The molecule has 0 aromatic heterocycles. The van der Waals surface area contributed by atoms with E-state index in [1.54, 1.807) is 18.2 Å². The van der Waals surface area contributed by atoms with Crippen LogP contribution in [0.2, 0.25) is 5.02 Å². The van der Waals surface area contributed by atoms with Gasteiger partial charge in [-0.2, -0.15) is 0 Å². The first kappa shape index (κ1) is 10.9. The molecule has 0 saturated carbocycles. The van der Waals surface area contributed by atoms with Gasteiger partial charge in [-0.3, -0.25) is 4.79 Å². The number of rotatable bonds is 2. The lowest BCUT2D eigenvalue weighted by atomic mass is 10.1. The Balaban J connectivity index is 2.10. The summed E-state index contributed by atoms with van der Waals surface area (Å²) in [6, 6.07) is 5.47. The van der Waals surface area contributed by atoms with Crippen LogP contribution in [0, 0.1) is 0 Å². The highest BCUT2D eigenvalue weighted by molar-refractivity contribution is 9.10. The van der Waals surface area contributed by atoms with Crippen LogP contribution < -0.4 is 10.6 Å². The topological polar surface area (TPSA) is 41.1 Å². The largest absolute Gasteiger partial charge is 0.347 e. The zero-order chi connectivity index (χ0) is 10.8. The van der Waals surface area contributed by atoms with E-state index in [2.05, 4.69) is 26.6 Å². The highest BCUT2D eigenvalue weighted by Crippen LogP contribution is 2.21. The fourth-order valence-electron chi connectivity index (χ4n) is 1.33. The molecule has 1 amide bonds. The second kappa shape index (κ2) is 4.51. The summed E-state index contributed by atoms with van der Waals surface area (Å²) in [6.45, 7) is 1.67. The van der Waals surface area contributed by atoms with Gasteiger partial charge in [-0.05, 0) is 18.2 Å². The van der Waals surface area contributed by atoms with Crippen LogP contribution in [-0.4, -0.2) is 25.0 Å². The molecule has 1 heterocycles. The van der Waals surface area contributed by atoms with Crippen molar-refractivity contribution >= 4 is 33.4 Å².